The third-order valence-electron chi connectivity index (χ3n) is 4.54. The van der Waals surface area contributed by atoms with E-state index in [9.17, 15) is 4.79 Å². The first-order valence-electron chi connectivity index (χ1n) is 8.63. The fourth-order valence-electron chi connectivity index (χ4n) is 3.14. The second-order valence-electron chi connectivity index (χ2n) is 6.67. The average Bonchev–Trinajstić information content (AvgIpc) is 3.11. The predicted molar refractivity (Wildman–Crippen MR) is 92.6 cm³/mol. The Labute approximate surface area is 142 Å². The molecule has 1 aromatic carbocycles. The molecule has 2 aromatic rings. The minimum Gasteiger partial charge on any atom is -0.344 e. The first-order valence-corrected chi connectivity index (χ1v) is 8.63. The smallest absolute Gasteiger partial charge is 0.273 e. The van der Waals surface area contributed by atoms with Crippen LogP contribution in [0.25, 0.3) is 0 Å². The van der Waals surface area contributed by atoms with E-state index in [2.05, 4.69) is 34.8 Å². The van der Waals surface area contributed by atoms with Crippen LogP contribution in [0.1, 0.15) is 54.8 Å². The van der Waals surface area contributed by atoms with Gasteiger partial charge in [0.25, 0.3) is 5.91 Å². The van der Waals surface area contributed by atoms with Crippen molar-refractivity contribution in [2.24, 2.45) is 5.92 Å². The zero-order valence-corrected chi connectivity index (χ0v) is 14.3. The van der Waals surface area contributed by atoms with Crippen molar-refractivity contribution in [1.82, 2.24) is 25.6 Å². The number of nitrogens with one attached hydrogen (secondary N) is 2. The third kappa shape index (κ3) is 3.82. The summed E-state index contributed by atoms with van der Waals surface area (Å²) in [4.78, 5) is 12.6. The van der Waals surface area contributed by atoms with Crippen LogP contribution < -0.4 is 10.6 Å². The van der Waals surface area contributed by atoms with Gasteiger partial charge >= 0.3 is 0 Å². The van der Waals surface area contributed by atoms with Crippen LogP contribution in [0.2, 0.25) is 0 Å². The van der Waals surface area contributed by atoms with Crippen molar-refractivity contribution in [3.63, 3.8) is 0 Å². The van der Waals surface area contributed by atoms with Crippen molar-refractivity contribution in [3.05, 3.63) is 47.8 Å². The van der Waals surface area contributed by atoms with Gasteiger partial charge in [-0.15, -0.1) is 5.10 Å². The van der Waals surface area contributed by atoms with Gasteiger partial charge in [-0.05, 0) is 37.4 Å². The predicted octanol–water partition coefficient (Wildman–Crippen LogP) is 2.33. The van der Waals surface area contributed by atoms with Gasteiger partial charge in [0.2, 0.25) is 0 Å². The Morgan fingerprint density at radius 1 is 1.25 bits per heavy atom. The topological polar surface area (TPSA) is 71.8 Å². The van der Waals surface area contributed by atoms with Gasteiger partial charge in [-0.2, -0.15) is 0 Å². The Hall–Kier alpha value is -2.21. The molecule has 1 saturated heterocycles. The highest BCUT2D eigenvalue weighted by Crippen LogP contribution is 2.22. The summed E-state index contributed by atoms with van der Waals surface area (Å²) in [6.07, 6.45) is 3.81. The molecular weight excluding hydrogens is 302 g/mol. The van der Waals surface area contributed by atoms with Crippen LogP contribution in [0.3, 0.4) is 0 Å². The minimum absolute atomic E-state index is 0.0391. The van der Waals surface area contributed by atoms with Gasteiger partial charge in [0.1, 0.15) is 0 Å². The number of nitrogens with zero attached hydrogens (tertiary/aromatic N) is 3. The monoisotopic (exact) mass is 327 g/mol. The molecule has 0 aliphatic carbocycles. The molecule has 1 unspecified atom stereocenters. The van der Waals surface area contributed by atoms with Crippen LogP contribution >= 0.6 is 0 Å². The molecule has 1 fully saturated rings. The molecule has 6 heteroatoms. The zero-order valence-electron chi connectivity index (χ0n) is 14.3. The standard InChI is InChI=1S/C18H25N5O/c1-13(2)17(14-6-4-3-5-7-14)20-18(24)16-12-23(22-21-16)15-8-10-19-11-9-15/h3-7,12-13,15,17,19H,8-11H2,1-2H3,(H,20,24). The highest BCUT2D eigenvalue weighted by atomic mass is 16.2. The molecular formula is C18H25N5O. The summed E-state index contributed by atoms with van der Waals surface area (Å²) in [5.41, 5.74) is 1.49. The lowest BCUT2D eigenvalue weighted by Crippen LogP contribution is -2.32. The molecule has 1 aliphatic rings. The molecule has 0 spiro atoms. The fourth-order valence-corrected chi connectivity index (χ4v) is 3.14. The molecule has 1 atom stereocenters. The molecule has 2 N–H and O–H groups in total. The highest BCUT2D eigenvalue weighted by Gasteiger charge is 2.22. The van der Waals surface area contributed by atoms with Crippen molar-refractivity contribution in [2.75, 3.05) is 13.1 Å². The molecule has 1 aromatic heterocycles. The van der Waals surface area contributed by atoms with Crippen LogP contribution in [0.4, 0.5) is 0 Å². The van der Waals surface area contributed by atoms with Crippen LogP contribution in [-0.2, 0) is 0 Å². The molecule has 0 saturated carbocycles. The van der Waals surface area contributed by atoms with E-state index in [1.807, 2.05) is 35.0 Å². The van der Waals surface area contributed by atoms with E-state index in [1.54, 1.807) is 6.20 Å². The van der Waals surface area contributed by atoms with E-state index < -0.39 is 0 Å². The van der Waals surface area contributed by atoms with Crippen molar-refractivity contribution in [1.29, 1.82) is 0 Å². The number of aromatic nitrogens is 3. The quantitative estimate of drug-likeness (QED) is 0.884. The van der Waals surface area contributed by atoms with E-state index >= 15 is 0 Å². The van der Waals surface area contributed by atoms with Gasteiger partial charge in [0.15, 0.2) is 5.69 Å². The number of hydrogen-bond donors (Lipinski definition) is 2. The molecule has 0 radical (unpaired) electrons. The average molecular weight is 327 g/mol. The highest BCUT2D eigenvalue weighted by molar-refractivity contribution is 5.92. The van der Waals surface area contributed by atoms with Gasteiger partial charge in [0, 0.05) is 0 Å². The summed E-state index contributed by atoms with van der Waals surface area (Å²) in [5, 5.41) is 14.7. The Morgan fingerprint density at radius 2 is 1.96 bits per heavy atom. The number of carbonyl (C=O) groups excluding carboxylic acids is 1. The Kier molecular flexibility index (Phi) is 5.25. The van der Waals surface area contributed by atoms with Crippen LogP contribution in [0, 0.1) is 5.92 Å². The van der Waals surface area contributed by atoms with Crippen molar-refractivity contribution in [3.8, 4) is 0 Å². The molecule has 6 nitrogen and oxygen atoms in total. The van der Waals surface area contributed by atoms with E-state index in [4.69, 9.17) is 0 Å². The SMILES string of the molecule is CC(C)C(NC(=O)c1cn(C2CCNCC2)nn1)c1ccccc1. The van der Waals surface area contributed by atoms with Gasteiger partial charge in [-0.1, -0.05) is 49.4 Å². The van der Waals surface area contributed by atoms with E-state index in [-0.39, 0.29) is 17.9 Å². The third-order valence-corrected chi connectivity index (χ3v) is 4.54. The molecule has 128 valence electrons. The summed E-state index contributed by atoms with van der Waals surface area (Å²) in [6, 6.07) is 10.3. The minimum atomic E-state index is -0.169. The molecule has 3 rings (SSSR count). The summed E-state index contributed by atoms with van der Waals surface area (Å²) in [6.45, 7) is 6.17. The molecule has 1 aliphatic heterocycles. The van der Waals surface area contributed by atoms with Crippen LogP contribution in [0.15, 0.2) is 36.5 Å². The summed E-state index contributed by atoms with van der Waals surface area (Å²) in [5.74, 6) is 0.119. The molecule has 2 heterocycles. The largest absolute Gasteiger partial charge is 0.344 e. The maximum absolute atomic E-state index is 12.6. The first kappa shape index (κ1) is 16.6. The summed E-state index contributed by atoms with van der Waals surface area (Å²) in [7, 11) is 0. The Bertz CT molecular complexity index is 661. The number of amides is 1. The fraction of sp³-hybridized carbons (Fsp3) is 0.500. The maximum atomic E-state index is 12.6. The van der Waals surface area contributed by atoms with Crippen molar-refractivity contribution < 1.29 is 4.79 Å². The molecule has 1 amide bonds. The van der Waals surface area contributed by atoms with Crippen molar-refractivity contribution >= 4 is 5.91 Å². The van der Waals surface area contributed by atoms with Crippen LogP contribution in [-0.4, -0.2) is 34.0 Å². The van der Waals surface area contributed by atoms with Gasteiger partial charge in [0.05, 0.1) is 18.3 Å². The zero-order chi connectivity index (χ0) is 16.9. The number of benzene rings is 1. The maximum Gasteiger partial charge on any atom is 0.273 e. The second-order valence-corrected chi connectivity index (χ2v) is 6.67. The van der Waals surface area contributed by atoms with Gasteiger partial charge in [-0.3, -0.25) is 4.79 Å². The number of piperidine rings is 1. The van der Waals surface area contributed by atoms with Crippen LogP contribution in [0.5, 0.6) is 0 Å². The number of rotatable bonds is 5. The summed E-state index contributed by atoms with van der Waals surface area (Å²) >= 11 is 0. The lowest BCUT2D eigenvalue weighted by molar-refractivity contribution is 0.0920. The molecule has 24 heavy (non-hydrogen) atoms. The Balaban J connectivity index is 1.70. The van der Waals surface area contributed by atoms with E-state index in [0.29, 0.717) is 11.7 Å². The van der Waals surface area contributed by atoms with Gasteiger partial charge < -0.3 is 10.6 Å². The molecule has 0 bridgehead atoms. The lowest BCUT2D eigenvalue weighted by Gasteiger charge is -2.22. The van der Waals surface area contributed by atoms with E-state index in [1.165, 1.54) is 0 Å². The van der Waals surface area contributed by atoms with Gasteiger partial charge in [-0.25, -0.2) is 4.68 Å². The second kappa shape index (κ2) is 7.57. The lowest BCUT2D eigenvalue weighted by atomic mass is 9.96. The normalized spacial score (nSPS) is 17.0. The number of hydrogen-bond acceptors (Lipinski definition) is 4. The van der Waals surface area contributed by atoms with E-state index in [0.717, 1.165) is 31.5 Å². The summed E-state index contributed by atoms with van der Waals surface area (Å²) < 4.78 is 1.84. The number of carbonyl (C=O) groups is 1. The first-order chi connectivity index (χ1) is 11.6. The van der Waals surface area contributed by atoms with Crippen molar-refractivity contribution in [2.45, 2.75) is 38.8 Å². The Morgan fingerprint density at radius 3 is 2.62 bits per heavy atom.